The van der Waals surface area contributed by atoms with Crippen LogP contribution in [0.3, 0.4) is 0 Å². The summed E-state index contributed by atoms with van der Waals surface area (Å²) in [6, 6.07) is 2.06. The summed E-state index contributed by atoms with van der Waals surface area (Å²) >= 11 is 0. The maximum absolute atomic E-state index is 11.7. The zero-order valence-electron chi connectivity index (χ0n) is 10.5. The van der Waals surface area contributed by atoms with Crippen molar-refractivity contribution in [2.24, 2.45) is 10.8 Å². The number of amides is 1. The van der Waals surface area contributed by atoms with Crippen molar-refractivity contribution in [2.75, 3.05) is 6.54 Å². The maximum atomic E-state index is 11.7. The van der Waals surface area contributed by atoms with E-state index in [2.05, 4.69) is 32.2 Å². The van der Waals surface area contributed by atoms with Gasteiger partial charge in [-0.05, 0) is 25.2 Å². The molecule has 15 heavy (non-hydrogen) atoms. The van der Waals surface area contributed by atoms with Crippen LogP contribution < -0.4 is 5.32 Å². The second kappa shape index (κ2) is 5.16. The Bertz CT molecular complexity index is 260. The lowest BCUT2D eigenvalue weighted by molar-refractivity contribution is -0.127. The summed E-state index contributed by atoms with van der Waals surface area (Å²) in [6.07, 6.45) is 1.47. The number of hydrogen-bond acceptors (Lipinski definition) is 2. The first-order chi connectivity index (χ1) is 6.75. The number of rotatable bonds is 4. The molecule has 0 saturated carbocycles. The lowest BCUT2D eigenvalue weighted by atomic mass is 9.88. The highest BCUT2D eigenvalue weighted by Gasteiger charge is 2.30. The molecule has 1 unspecified atom stereocenters. The zero-order valence-corrected chi connectivity index (χ0v) is 10.5. The third-order valence-corrected chi connectivity index (χ3v) is 2.62. The summed E-state index contributed by atoms with van der Waals surface area (Å²) in [4.78, 5) is 11.7. The number of nitriles is 1. The highest BCUT2D eigenvalue weighted by atomic mass is 16.2. The van der Waals surface area contributed by atoms with Crippen LogP contribution in [0.4, 0.5) is 0 Å². The SMILES string of the molecule is CCC(C)(C#N)C(=O)NCCC(C)(C)C. The van der Waals surface area contributed by atoms with Crippen LogP contribution in [0, 0.1) is 22.2 Å². The first-order valence-corrected chi connectivity index (χ1v) is 5.45. The number of nitrogens with zero attached hydrogens (tertiary/aromatic N) is 1. The average molecular weight is 210 g/mol. The van der Waals surface area contributed by atoms with Crippen molar-refractivity contribution in [3.8, 4) is 6.07 Å². The summed E-state index contributed by atoms with van der Waals surface area (Å²) in [5, 5.41) is 11.7. The normalized spacial score (nSPS) is 15.2. The fourth-order valence-electron chi connectivity index (χ4n) is 1.04. The fourth-order valence-corrected chi connectivity index (χ4v) is 1.04. The molecule has 0 heterocycles. The average Bonchev–Trinajstić information content (AvgIpc) is 2.14. The molecule has 0 bridgehead atoms. The summed E-state index contributed by atoms with van der Waals surface area (Å²) in [5.41, 5.74) is -0.666. The molecule has 3 heteroatoms. The van der Waals surface area contributed by atoms with Crippen LogP contribution in [0.5, 0.6) is 0 Å². The van der Waals surface area contributed by atoms with Crippen molar-refractivity contribution >= 4 is 5.91 Å². The van der Waals surface area contributed by atoms with Gasteiger partial charge in [0.05, 0.1) is 6.07 Å². The highest BCUT2D eigenvalue weighted by molar-refractivity contribution is 5.84. The molecule has 1 N–H and O–H groups in total. The Morgan fingerprint density at radius 3 is 2.20 bits per heavy atom. The minimum Gasteiger partial charge on any atom is -0.355 e. The van der Waals surface area contributed by atoms with E-state index in [1.165, 1.54) is 0 Å². The number of hydrogen-bond donors (Lipinski definition) is 1. The van der Waals surface area contributed by atoms with Crippen molar-refractivity contribution < 1.29 is 4.79 Å². The standard InChI is InChI=1S/C12H22N2O/c1-6-12(5,9-13)10(15)14-8-7-11(2,3)4/h6-8H2,1-5H3,(H,14,15). The molecule has 0 fully saturated rings. The Kier molecular flexibility index (Phi) is 4.80. The van der Waals surface area contributed by atoms with Gasteiger partial charge < -0.3 is 5.32 Å². The second-order valence-electron chi connectivity index (χ2n) is 5.36. The second-order valence-corrected chi connectivity index (χ2v) is 5.36. The topological polar surface area (TPSA) is 52.9 Å². The van der Waals surface area contributed by atoms with Crippen LogP contribution in [0.25, 0.3) is 0 Å². The molecule has 1 atom stereocenters. The zero-order chi connectivity index (χ0) is 12.1. The van der Waals surface area contributed by atoms with Crippen molar-refractivity contribution in [3.05, 3.63) is 0 Å². The van der Waals surface area contributed by atoms with Crippen LogP contribution in [0.1, 0.15) is 47.5 Å². The van der Waals surface area contributed by atoms with Gasteiger partial charge >= 0.3 is 0 Å². The quantitative estimate of drug-likeness (QED) is 0.775. The predicted octanol–water partition coefficient (Wildman–Crippen LogP) is 2.48. The van der Waals surface area contributed by atoms with E-state index in [1.54, 1.807) is 6.92 Å². The van der Waals surface area contributed by atoms with E-state index >= 15 is 0 Å². The van der Waals surface area contributed by atoms with Gasteiger partial charge in [-0.15, -0.1) is 0 Å². The van der Waals surface area contributed by atoms with Crippen LogP contribution in [-0.4, -0.2) is 12.5 Å². The third-order valence-electron chi connectivity index (χ3n) is 2.62. The summed E-state index contributed by atoms with van der Waals surface area (Å²) in [6.45, 7) is 10.6. The predicted molar refractivity (Wildman–Crippen MR) is 61.1 cm³/mol. The molecule has 0 saturated heterocycles. The van der Waals surface area contributed by atoms with E-state index in [1.807, 2.05) is 6.92 Å². The van der Waals surface area contributed by atoms with Gasteiger partial charge in [-0.2, -0.15) is 5.26 Å². The Hall–Kier alpha value is -1.04. The molecule has 0 radical (unpaired) electrons. The molecule has 86 valence electrons. The monoisotopic (exact) mass is 210 g/mol. The van der Waals surface area contributed by atoms with Gasteiger partial charge in [-0.1, -0.05) is 27.7 Å². The first-order valence-electron chi connectivity index (χ1n) is 5.45. The van der Waals surface area contributed by atoms with E-state index < -0.39 is 5.41 Å². The lowest BCUT2D eigenvalue weighted by Gasteiger charge is -2.22. The van der Waals surface area contributed by atoms with E-state index in [0.717, 1.165) is 6.42 Å². The van der Waals surface area contributed by atoms with E-state index in [4.69, 9.17) is 5.26 Å². The molecule has 0 aromatic rings. The van der Waals surface area contributed by atoms with Gasteiger partial charge in [-0.25, -0.2) is 0 Å². The van der Waals surface area contributed by atoms with Gasteiger partial charge in [0.25, 0.3) is 0 Å². The van der Waals surface area contributed by atoms with Crippen LogP contribution >= 0.6 is 0 Å². The molecule has 0 aromatic heterocycles. The van der Waals surface area contributed by atoms with Crippen molar-refractivity contribution in [3.63, 3.8) is 0 Å². The Morgan fingerprint density at radius 1 is 1.33 bits per heavy atom. The molecule has 0 aliphatic rings. The Balaban J connectivity index is 4.11. The molecular formula is C12H22N2O. The van der Waals surface area contributed by atoms with Gasteiger partial charge in [0.2, 0.25) is 5.91 Å². The van der Waals surface area contributed by atoms with E-state index in [-0.39, 0.29) is 11.3 Å². The number of carbonyl (C=O) groups excluding carboxylic acids is 1. The highest BCUT2D eigenvalue weighted by Crippen LogP contribution is 2.21. The third kappa shape index (κ3) is 4.83. The fraction of sp³-hybridized carbons (Fsp3) is 0.833. The Morgan fingerprint density at radius 2 is 1.87 bits per heavy atom. The minimum absolute atomic E-state index is 0.156. The van der Waals surface area contributed by atoms with Gasteiger partial charge in [0.1, 0.15) is 5.41 Å². The van der Waals surface area contributed by atoms with Gasteiger partial charge in [0.15, 0.2) is 0 Å². The van der Waals surface area contributed by atoms with Crippen molar-refractivity contribution in [1.82, 2.24) is 5.32 Å². The number of nitrogens with one attached hydrogen (secondary N) is 1. The van der Waals surface area contributed by atoms with Crippen molar-refractivity contribution in [2.45, 2.75) is 47.5 Å². The molecule has 3 nitrogen and oxygen atoms in total. The van der Waals surface area contributed by atoms with E-state index in [9.17, 15) is 4.79 Å². The molecule has 0 aromatic carbocycles. The Labute approximate surface area is 92.9 Å². The largest absolute Gasteiger partial charge is 0.355 e. The van der Waals surface area contributed by atoms with Crippen LogP contribution in [-0.2, 0) is 4.79 Å². The van der Waals surface area contributed by atoms with Gasteiger partial charge in [-0.3, -0.25) is 4.79 Å². The number of carbonyl (C=O) groups is 1. The molecule has 0 rings (SSSR count). The van der Waals surface area contributed by atoms with Crippen LogP contribution in [0.15, 0.2) is 0 Å². The molecule has 0 aliphatic heterocycles. The van der Waals surface area contributed by atoms with Gasteiger partial charge in [0, 0.05) is 6.54 Å². The maximum Gasteiger partial charge on any atom is 0.240 e. The summed E-state index contributed by atoms with van der Waals surface area (Å²) < 4.78 is 0. The first kappa shape index (κ1) is 14.0. The summed E-state index contributed by atoms with van der Waals surface area (Å²) in [5.74, 6) is -0.156. The molecule has 0 spiro atoms. The van der Waals surface area contributed by atoms with E-state index in [0.29, 0.717) is 13.0 Å². The lowest BCUT2D eigenvalue weighted by Crippen LogP contribution is -2.38. The summed E-state index contributed by atoms with van der Waals surface area (Å²) in [7, 11) is 0. The molecular weight excluding hydrogens is 188 g/mol. The minimum atomic E-state index is -0.877. The smallest absolute Gasteiger partial charge is 0.240 e. The molecule has 1 amide bonds. The van der Waals surface area contributed by atoms with Crippen molar-refractivity contribution in [1.29, 1.82) is 5.26 Å². The van der Waals surface area contributed by atoms with Crippen LogP contribution in [0.2, 0.25) is 0 Å². The molecule has 0 aliphatic carbocycles.